The normalized spacial score (nSPS) is 12.2. The van der Waals surface area contributed by atoms with Crippen molar-refractivity contribution in [2.75, 3.05) is 10.6 Å². The highest BCUT2D eigenvalue weighted by molar-refractivity contribution is 6.05. The van der Waals surface area contributed by atoms with Gasteiger partial charge in [0, 0.05) is 34.8 Å². The Morgan fingerprint density at radius 1 is 1.15 bits per heavy atom. The number of nitrogens with two attached hydrogens (primary N) is 1. The monoisotopic (exact) mass is 525 g/mol. The van der Waals surface area contributed by atoms with Crippen LogP contribution >= 0.6 is 0 Å². The van der Waals surface area contributed by atoms with E-state index in [4.69, 9.17) is 10.5 Å². The Kier molecular flexibility index (Phi) is 8.64. The lowest BCUT2D eigenvalue weighted by atomic mass is 10.1. The van der Waals surface area contributed by atoms with Crippen molar-refractivity contribution in [2.45, 2.75) is 33.6 Å². The summed E-state index contributed by atoms with van der Waals surface area (Å²) in [6, 6.07) is 11.7. The lowest BCUT2D eigenvalue weighted by molar-refractivity contribution is -0.111. The van der Waals surface area contributed by atoms with Gasteiger partial charge in [-0.2, -0.15) is 0 Å². The molecule has 0 radical (unpaired) electrons. The molecule has 39 heavy (non-hydrogen) atoms. The van der Waals surface area contributed by atoms with E-state index < -0.39 is 5.82 Å². The third-order valence-electron chi connectivity index (χ3n) is 5.60. The maximum atomic E-state index is 15.3. The Hall–Kier alpha value is -5.04. The van der Waals surface area contributed by atoms with Gasteiger partial charge in [0.25, 0.3) is 5.91 Å². The Bertz CT molecular complexity index is 1590. The molecule has 198 valence electrons. The minimum absolute atomic E-state index is 0.206. The van der Waals surface area contributed by atoms with Crippen LogP contribution in [0.5, 0.6) is 11.5 Å². The first-order chi connectivity index (χ1) is 19.0. The maximum absolute atomic E-state index is 15.3. The summed E-state index contributed by atoms with van der Waals surface area (Å²) in [6.45, 7) is 5.62. The van der Waals surface area contributed by atoms with E-state index in [1.54, 1.807) is 49.4 Å². The number of amides is 1. The molecule has 0 aliphatic heterocycles. The van der Waals surface area contributed by atoms with E-state index in [1.165, 1.54) is 12.5 Å². The van der Waals surface area contributed by atoms with Gasteiger partial charge in [0.2, 0.25) is 0 Å². The molecule has 2 aromatic carbocycles. The zero-order valence-electron chi connectivity index (χ0n) is 21.8. The first kappa shape index (κ1) is 27.0. The van der Waals surface area contributed by atoms with Crippen LogP contribution in [0.3, 0.4) is 0 Å². The topological polar surface area (TPSA) is 127 Å². The number of aliphatic imine (C=N–C) groups is 1. The first-order valence-corrected chi connectivity index (χ1v) is 12.5. The van der Waals surface area contributed by atoms with E-state index in [-0.39, 0.29) is 11.6 Å². The molecule has 0 spiro atoms. The summed E-state index contributed by atoms with van der Waals surface area (Å²) in [5, 5.41) is 6.41. The lowest BCUT2D eigenvalue weighted by Crippen LogP contribution is -2.08. The van der Waals surface area contributed by atoms with Gasteiger partial charge >= 0.3 is 0 Å². The highest BCUT2D eigenvalue weighted by atomic mass is 19.1. The molecule has 1 fully saturated rings. The van der Waals surface area contributed by atoms with Gasteiger partial charge in [0.15, 0.2) is 11.6 Å². The average molecular weight is 526 g/mol. The molecular weight excluding hydrogens is 497 g/mol. The Morgan fingerprint density at radius 2 is 1.97 bits per heavy atom. The zero-order valence-corrected chi connectivity index (χ0v) is 21.8. The fourth-order valence-electron chi connectivity index (χ4n) is 3.53. The molecule has 4 N–H and O–H groups in total. The number of fused-ring (bicyclic) bond motifs is 1. The van der Waals surface area contributed by atoms with Crippen molar-refractivity contribution < 1.29 is 13.9 Å². The van der Waals surface area contributed by atoms with Gasteiger partial charge in [-0.05, 0) is 62.1 Å². The van der Waals surface area contributed by atoms with E-state index in [1.807, 2.05) is 13.8 Å². The van der Waals surface area contributed by atoms with Crippen LogP contribution in [-0.4, -0.2) is 27.2 Å². The molecular formula is C29H28FN7O2. The number of benzene rings is 2. The van der Waals surface area contributed by atoms with Crippen molar-refractivity contribution >= 4 is 46.2 Å². The van der Waals surface area contributed by atoms with E-state index >= 15 is 4.39 Å². The number of ether oxygens (including phenoxy) is 1. The largest absolute Gasteiger partial charge is 0.457 e. The number of hydrogen-bond acceptors (Lipinski definition) is 7. The van der Waals surface area contributed by atoms with Crippen LogP contribution < -0.4 is 21.1 Å². The molecule has 9 nitrogen and oxygen atoms in total. The second-order valence-corrected chi connectivity index (χ2v) is 8.36. The molecule has 0 unspecified atom stereocenters. The minimum atomic E-state index is -0.502. The van der Waals surface area contributed by atoms with Crippen LogP contribution in [0.25, 0.3) is 10.9 Å². The molecule has 1 aliphatic carbocycles. The molecule has 2 heterocycles. The quantitative estimate of drug-likeness (QED) is 0.160. The maximum Gasteiger partial charge on any atom is 0.300 e. The number of nitrogens with zero attached hydrogens (tertiary/aromatic N) is 4. The molecule has 1 aliphatic rings. The van der Waals surface area contributed by atoms with Crippen LogP contribution in [0.1, 0.15) is 32.3 Å². The van der Waals surface area contributed by atoms with Crippen molar-refractivity contribution in [3.63, 3.8) is 0 Å². The summed E-state index contributed by atoms with van der Waals surface area (Å²) in [5.41, 5.74) is 6.99. The molecule has 4 aromatic rings. The number of nitrogens with one attached hydrogen (secondary N) is 2. The highest BCUT2D eigenvalue weighted by Gasteiger charge is 2.18. The van der Waals surface area contributed by atoms with Gasteiger partial charge in [0.05, 0.1) is 17.5 Å². The highest BCUT2D eigenvalue weighted by Crippen LogP contribution is 2.34. The smallest absolute Gasteiger partial charge is 0.300 e. The number of anilines is 3. The summed E-state index contributed by atoms with van der Waals surface area (Å²) < 4.78 is 21.2. The van der Waals surface area contributed by atoms with Crippen molar-refractivity contribution in [3.05, 3.63) is 66.4 Å². The third kappa shape index (κ3) is 6.84. The summed E-state index contributed by atoms with van der Waals surface area (Å²) in [5.74, 6) is 6.53. The van der Waals surface area contributed by atoms with Crippen molar-refractivity contribution in [2.24, 2.45) is 16.6 Å². The Morgan fingerprint density at radius 3 is 2.74 bits per heavy atom. The number of pyridine rings is 1. The van der Waals surface area contributed by atoms with E-state index in [0.29, 0.717) is 51.2 Å². The summed E-state index contributed by atoms with van der Waals surface area (Å²) in [4.78, 5) is 28.7. The number of carbonyl (C=O) groups excluding carboxylic acids is 1. The SMILES string of the molecule is CC.Cc1c(Oc2ccnc(N=CN)c2)ccc(Nc2ncnc3ccc(NC(=O)C#CC4CC4)cc23)c1F. The standard InChI is InChI=1S/C27H22FN7O2.C2H6/c1-16-23(37-19-10-11-30-24(13-19)31-14-29)8-7-22(26(16)28)35-27-20-12-18(5-6-21(20)32-15-33-27)34-25(36)9-4-17-2-3-17;1-2/h5-8,10-15,17H,2-3H2,1H3,(H,34,36)(H2,29,30,31)(H,32,33,35);1-2H3. The predicted molar refractivity (Wildman–Crippen MR) is 151 cm³/mol. The average Bonchev–Trinajstić information content (AvgIpc) is 3.78. The van der Waals surface area contributed by atoms with Gasteiger partial charge in [-0.3, -0.25) is 4.79 Å². The van der Waals surface area contributed by atoms with E-state index in [0.717, 1.165) is 19.2 Å². The van der Waals surface area contributed by atoms with Crippen molar-refractivity contribution in [1.29, 1.82) is 0 Å². The Labute approximate surface area is 225 Å². The minimum Gasteiger partial charge on any atom is -0.457 e. The van der Waals surface area contributed by atoms with Crippen LogP contribution in [0.2, 0.25) is 0 Å². The summed E-state index contributed by atoms with van der Waals surface area (Å²) in [7, 11) is 0. The van der Waals surface area contributed by atoms with Gasteiger partial charge in [-0.15, -0.1) is 0 Å². The molecule has 0 bridgehead atoms. The number of aromatic nitrogens is 3. The molecule has 5 rings (SSSR count). The summed E-state index contributed by atoms with van der Waals surface area (Å²) in [6.07, 6.45) is 6.13. The predicted octanol–water partition coefficient (Wildman–Crippen LogP) is 6.00. The number of carbonyl (C=O) groups is 1. The molecule has 1 saturated carbocycles. The van der Waals surface area contributed by atoms with Crippen molar-refractivity contribution in [3.8, 4) is 23.3 Å². The van der Waals surface area contributed by atoms with E-state index in [2.05, 4.69) is 42.4 Å². The van der Waals surface area contributed by atoms with Gasteiger partial charge in [0.1, 0.15) is 23.6 Å². The zero-order chi connectivity index (χ0) is 27.8. The van der Waals surface area contributed by atoms with Crippen LogP contribution in [0.4, 0.5) is 27.4 Å². The van der Waals surface area contributed by atoms with Crippen molar-refractivity contribution in [1.82, 2.24) is 15.0 Å². The van der Waals surface area contributed by atoms with Gasteiger partial charge in [-0.25, -0.2) is 24.3 Å². The Balaban J connectivity index is 0.00000172. The molecule has 0 saturated heterocycles. The van der Waals surface area contributed by atoms with Crippen LogP contribution in [0.15, 0.2) is 60.0 Å². The first-order valence-electron chi connectivity index (χ1n) is 12.5. The fraction of sp³-hybridized carbons (Fsp3) is 0.207. The molecule has 1 amide bonds. The second kappa shape index (κ2) is 12.5. The third-order valence-corrected chi connectivity index (χ3v) is 5.60. The lowest BCUT2D eigenvalue weighted by Gasteiger charge is -2.14. The number of halogens is 1. The van der Waals surface area contributed by atoms with Crippen LogP contribution in [-0.2, 0) is 4.79 Å². The van der Waals surface area contributed by atoms with Gasteiger partial charge < -0.3 is 21.1 Å². The summed E-state index contributed by atoms with van der Waals surface area (Å²) >= 11 is 0. The number of rotatable bonds is 6. The van der Waals surface area contributed by atoms with Gasteiger partial charge in [-0.1, -0.05) is 19.8 Å². The molecule has 2 aromatic heterocycles. The second-order valence-electron chi connectivity index (χ2n) is 8.36. The van der Waals surface area contributed by atoms with E-state index in [9.17, 15) is 4.79 Å². The molecule has 10 heteroatoms. The van der Waals surface area contributed by atoms with Crippen LogP contribution in [0, 0.1) is 30.5 Å². The molecule has 0 atom stereocenters. The fourth-order valence-corrected chi connectivity index (χ4v) is 3.53. The number of hydrogen-bond donors (Lipinski definition) is 3.